The summed E-state index contributed by atoms with van der Waals surface area (Å²) in [4.78, 5) is 16.4. The molecular weight excluding hydrogens is 277 g/mol. The molecule has 0 saturated heterocycles. The number of benzene rings is 1. The lowest BCUT2D eigenvalue weighted by atomic mass is 10.2. The number of hydrogen-bond acceptors (Lipinski definition) is 5. The zero-order chi connectivity index (χ0) is 14.8. The van der Waals surface area contributed by atoms with Crippen LogP contribution in [0.2, 0.25) is 0 Å². The first-order valence-corrected chi connectivity index (χ1v) is 8.67. The van der Waals surface area contributed by atoms with Crippen molar-refractivity contribution < 1.29 is 9.09 Å². The number of nitrogens with two attached hydrogens (primary N) is 1. The van der Waals surface area contributed by atoms with E-state index < -0.39 is 7.37 Å². The minimum atomic E-state index is -2.68. The van der Waals surface area contributed by atoms with Gasteiger partial charge in [-0.15, -0.1) is 0 Å². The molecule has 1 atom stereocenters. The Balaban J connectivity index is 2.34. The molecule has 1 heterocycles. The van der Waals surface area contributed by atoms with E-state index in [2.05, 4.69) is 4.98 Å². The van der Waals surface area contributed by atoms with Crippen LogP contribution in [-0.2, 0) is 15.5 Å². The molecule has 108 valence electrons. The number of nitrogen functional groups attached to an aromatic ring is 1. The van der Waals surface area contributed by atoms with Crippen molar-refractivity contribution in [2.75, 3.05) is 25.3 Å². The van der Waals surface area contributed by atoms with Crippen LogP contribution in [0.3, 0.4) is 0 Å². The lowest BCUT2D eigenvalue weighted by Gasteiger charge is -2.12. The highest BCUT2D eigenvalue weighted by molar-refractivity contribution is 7.58. The SMILES string of the molecule is CCOP(C)(=O)CCc1nc2ccccc2n(N)c1=O. The summed E-state index contributed by atoms with van der Waals surface area (Å²) in [5.41, 5.74) is 1.17. The van der Waals surface area contributed by atoms with Crippen molar-refractivity contribution >= 4 is 18.4 Å². The molecule has 0 radical (unpaired) electrons. The molecule has 2 N–H and O–H groups in total. The molecule has 2 aromatic rings. The summed E-state index contributed by atoms with van der Waals surface area (Å²) in [7, 11) is -2.68. The third kappa shape index (κ3) is 3.08. The van der Waals surface area contributed by atoms with Crippen molar-refractivity contribution in [2.24, 2.45) is 0 Å². The Bertz CT molecular complexity index is 726. The molecule has 6 nitrogen and oxygen atoms in total. The molecule has 2 rings (SSSR count). The summed E-state index contributed by atoms with van der Waals surface area (Å²) >= 11 is 0. The molecule has 0 amide bonds. The normalized spacial score (nSPS) is 14.3. The fourth-order valence-electron chi connectivity index (χ4n) is 2.01. The second kappa shape index (κ2) is 5.77. The summed E-state index contributed by atoms with van der Waals surface area (Å²) in [6.45, 7) is 3.75. The van der Waals surface area contributed by atoms with Crippen LogP contribution < -0.4 is 11.4 Å². The standard InChI is InChI=1S/C13H18N3O3P/c1-3-19-20(2,18)9-8-11-13(17)16(14)12-7-5-4-6-10(12)15-11/h4-7H,3,8-9,14H2,1-2H3. The van der Waals surface area contributed by atoms with E-state index >= 15 is 0 Å². The van der Waals surface area contributed by atoms with Gasteiger partial charge in [-0.05, 0) is 19.1 Å². The maximum absolute atomic E-state index is 12.1. The number of aryl methyl sites for hydroxylation is 1. The van der Waals surface area contributed by atoms with Gasteiger partial charge in [0.1, 0.15) is 5.69 Å². The van der Waals surface area contributed by atoms with Gasteiger partial charge in [0.05, 0.1) is 17.6 Å². The summed E-state index contributed by atoms with van der Waals surface area (Å²) in [6, 6.07) is 7.14. The average Bonchev–Trinajstić information content (AvgIpc) is 2.41. The molecule has 0 saturated carbocycles. The number of aromatic nitrogens is 2. The van der Waals surface area contributed by atoms with Crippen molar-refractivity contribution in [1.82, 2.24) is 9.66 Å². The molecule has 0 aliphatic carbocycles. The summed E-state index contributed by atoms with van der Waals surface area (Å²) in [5.74, 6) is 5.78. The van der Waals surface area contributed by atoms with Gasteiger partial charge in [0.25, 0.3) is 5.56 Å². The fourth-order valence-corrected chi connectivity index (χ4v) is 3.31. The van der Waals surface area contributed by atoms with Gasteiger partial charge in [0, 0.05) is 19.2 Å². The first-order valence-electron chi connectivity index (χ1n) is 6.41. The van der Waals surface area contributed by atoms with Crippen molar-refractivity contribution in [3.63, 3.8) is 0 Å². The number of para-hydroxylation sites is 2. The van der Waals surface area contributed by atoms with E-state index in [9.17, 15) is 9.36 Å². The van der Waals surface area contributed by atoms with E-state index in [4.69, 9.17) is 10.4 Å². The van der Waals surface area contributed by atoms with Crippen LogP contribution in [0.15, 0.2) is 29.1 Å². The quantitative estimate of drug-likeness (QED) is 0.668. The highest BCUT2D eigenvalue weighted by Gasteiger charge is 2.17. The van der Waals surface area contributed by atoms with E-state index in [0.717, 1.165) is 4.68 Å². The van der Waals surface area contributed by atoms with Gasteiger partial charge in [-0.25, -0.2) is 9.66 Å². The Kier molecular flexibility index (Phi) is 4.26. The van der Waals surface area contributed by atoms with Gasteiger partial charge in [-0.3, -0.25) is 9.36 Å². The molecular formula is C13H18N3O3P. The molecule has 0 spiro atoms. The van der Waals surface area contributed by atoms with Gasteiger partial charge in [-0.2, -0.15) is 0 Å². The van der Waals surface area contributed by atoms with Gasteiger partial charge < -0.3 is 10.4 Å². The predicted molar refractivity (Wildman–Crippen MR) is 79.9 cm³/mol. The molecule has 1 unspecified atom stereocenters. The molecule has 0 aliphatic heterocycles. The molecule has 0 fully saturated rings. The number of fused-ring (bicyclic) bond motifs is 1. The van der Waals surface area contributed by atoms with Crippen molar-refractivity contribution in [3.05, 3.63) is 40.3 Å². The van der Waals surface area contributed by atoms with Crippen LogP contribution in [0.25, 0.3) is 11.0 Å². The Hall–Kier alpha value is -1.65. The highest BCUT2D eigenvalue weighted by atomic mass is 31.2. The highest BCUT2D eigenvalue weighted by Crippen LogP contribution is 2.42. The summed E-state index contributed by atoms with van der Waals surface area (Å²) in [6.07, 6.45) is 0.566. The zero-order valence-corrected chi connectivity index (χ0v) is 12.5. The second-order valence-corrected chi connectivity index (χ2v) is 7.36. The van der Waals surface area contributed by atoms with Gasteiger partial charge in [0.2, 0.25) is 7.37 Å². The van der Waals surface area contributed by atoms with Gasteiger partial charge in [0.15, 0.2) is 0 Å². The first-order chi connectivity index (χ1) is 9.44. The van der Waals surface area contributed by atoms with E-state index in [0.29, 0.717) is 23.3 Å². The largest absolute Gasteiger partial charge is 0.336 e. The maximum Gasteiger partial charge on any atom is 0.290 e. The fraction of sp³-hybridized carbons (Fsp3) is 0.385. The maximum atomic E-state index is 12.1. The third-order valence-corrected chi connectivity index (χ3v) is 4.86. The molecule has 7 heteroatoms. The van der Waals surface area contributed by atoms with Crippen LogP contribution in [0.1, 0.15) is 12.6 Å². The Morgan fingerprint density at radius 3 is 2.80 bits per heavy atom. The minimum Gasteiger partial charge on any atom is -0.336 e. The summed E-state index contributed by atoms with van der Waals surface area (Å²) < 4.78 is 18.3. The van der Waals surface area contributed by atoms with Gasteiger partial charge in [-0.1, -0.05) is 12.1 Å². The Morgan fingerprint density at radius 1 is 1.40 bits per heavy atom. The van der Waals surface area contributed by atoms with Crippen LogP contribution in [-0.4, -0.2) is 29.1 Å². The third-order valence-electron chi connectivity index (χ3n) is 3.02. The minimum absolute atomic E-state index is 0.279. The van der Waals surface area contributed by atoms with E-state index in [1.54, 1.807) is 31.8 Å². The van der Waals surface area contributed by atoms with Crippen molar-refractivity contribution in [2.45, 2.75) is 13.3 Å². The molecule has 20 heavy (non-hydrogen) atoms. The number of nitrogens with zero attached hydrogens (tertiary/aromatic N) is 2. The second-order valence-electron chi connectivity index (χ2n) is 4.63. The van der Waals surface area contributed by atoms with Crippen LogP contribution in [0.4, 0.5) is 0 Å². The van der Waals surface area contributed by atoms with Crippen LogP contribution >= 0.6 is 7.37 Å². The van der Waals surface area contributed by atoms with E-state index in [1.165, 1.54) is 0 Å². The molecule has 1 aromatic carbocycles. The first kappa shape index (κ1) is 14.8. The van der Waals surface area contributed by atoms with Crippen molar-refractivity contribution in [3.8, 4) is 0 Å². The molecule has 1 aromatic heterocycles. The topological polar surface area (TPSA) is 87.2 Å². The van der Waals surface area contributed by atoms with Gasteiger partial charge >= 0.3 is 0 Å². The predicted octanol–water partition coefficient (Wildman–Crippen LogP) is 1.60. The monoisotopic (exact) mass is 295 g/mol. The summed E-state index contributed by atoms with van der Waals surface area (Å²) in [5, 5.41) is 0. The Labute approximate surface area is 117 Å². The lowest BCUT2D eigenvalue weighted by molar-refractivity contribution is 0.337. The molecule has 0 bridgehead atoms. The van der Waals surface area contributed by atoms with Crippen molar-refractivity contribution in [1.29, 1.82) is 0 Å². The Morgan fingerprint density at radius 2 is 2.10 bits per heavy atom. The smallest absolute Gasteiger partial charge is 0.290 e. The van der Waals surface area contributed by atoms with E-state index in [1.807, 2.05) is 6.07 Å². The number of rotatable bonds is 5. The van der Waals surface area contributed by atoms with Crippen LogP contribution in [0.5, 0.6) is 0 Å². The molecule has 0 aliphatic rings. The van der Waals surface area contributed by atoms with Crippen LogP contribution in [0, 0.1) is 0 Å². The number of hydrogen-bond donors (Lipinski definition) is 1. The zero-order valence-electron chi connectivity index (χ0n) is 11.6. The van der Waals surface area contributed by atoms with E-state index in [-0.39, 0.29) is 18.1 Å². The lowest BCUT2D eigenvalue weighted by Crippen LogP contribution is -2.31. The average molecular weight is 295 g/mol.